The third-order valence-electron chi connectivity index (χ3n) is 4.94. The van der Waals surface area contributed by atoms with Gasteiger partial charge in [-0.25, -0.2) is 0 Å². The fourth-order valence-electron chi connectivity index (χ4n) is 3.50. The van der Waals surface area contributed by atoms with Gasteiger partial charge in [-0.3, -0.25) is 4.99 Å². The van der Waals surface area contributed by atoms with E-state index < -0.39 is 0 Å². The monoisotopic (exact) mass is 390 g/mol. The molecule has 0 fully saturated rings. The predicted octanol–water partition coefficient (Wildman–Crippen LogP) is 5.93. The second-order valence-corrected chi connectivity index (χ2v) is 7.30. The maximum atomic E-state index is 6.32. The smallest absolute Gasteiger partial charge is 0.137 e. The summed E-state index contributed by atoms with van der Waals surface area (Å²) in [5.74, 6) is 1.36. The Morgan fingerprint density at radius 3 is 2.43 bits per heavy atom. The number of benzene rings is 3. The minimum atomic E-state index is 0.514. The Morgan fingerprint density at radius 1 is 0.964 bits per heavy atom. The molecule has 0 radical (unpaired) electrons. The van der Waals surface area contributed by atoms with E-state index in [-0.39, 0.29) is 0 Å². The summed E-state index contributed by atoms with van der Waals surface area (Å²) in [4.78, 5) is 6.61. The van der Waals surface area contributed by atoms with Crippen LogP contribution in [0.25, 0.3) is 33.4 Å². The summed E-state index contributed by atoms with van der Waals surface area (Å²) in [6.07, 6.45) is 0. The molecule has 4 rings (SSSR count). The van der Waals surface area contributed by atoms with E-state index in [0.717, 1.165) is 51.0 Å². The fraction of sp³-hybridized carbons (Fsp3) is 0.208. The maximum Gasteiger partial charge on any atom is 0.137 e. The Hall–Kier alpha value is -2.78. The first kappa shape index (κ1) is 18.6. The largest absolute Gasteiger partial charge is 0.456 e. The van der Waals surface area contributed by atoms with E-state index in [1.807, 2.05) is 27.1 Å². The van der Waals surface area contributed by atoms with Crippen molar-refractivity contribution < 1.29 is 4.42 Å². The molecule has 3 nitrogen and oxygen atoms in total. The lowest BCUT2D eigenvalue weighted by Gasteiger charge is -2.18. The molecule has 2 aromatic rings. The molecule has 0 atom stereocenters. The van der Waals surface area contributed by atoms with Crippen LogP contribution in [-0.4, -0.2) is 20.6 Å². The van der Waals surface area contributed by atoms with E-state index in [1.54, 1.807) is 0 Å². The van der Waals surface area contributed by atoms with Crippen molar-refractivity contribution >= 4 is 28.3 Å². The molecule has 1 aliphatic heterocycles. The van der Waals surface area contributed by atoms with E-state index in [0.29, 0.717) is 5.88 Å². The molecule has 4 heteroatoms. The van der Waals surface area contributed by atoms with Crippen LogP contribution in [0.5, 0.6) is 0 Å². The average molecular weight is 391 g/mol. The van der Waals surface area contributed by atoms with Crippen LogP contribution in [-0.2, 0) is 5.88 Å². The van der Waals surface area contributed by atoms with Crippen molar-refractivity contribution in [1.29, 1.82) is 0 Å². The number of hydrogen-bond donors (Lipinski definition) is 0. The van der Waals surface area contributed by atoms with Crippen LogP contribution in [0, 0.1) is 0 Å². The minimum absolute atomic E-state index is 0.514. The number of nitrogens with zero attached hydrogens (tertiary/aromatic N) is 2. The highest BCUT2D eigenvalue weighted by molar-refractivity contribution is 6.17. The van der Waals surface area contributed by atoms with E-state index in [9.17, 15) is 0 Å². The second kappa shape index (κ2) is 7.69. The Kier molecular flexibility index (Phi) is 5.10. The minimum Gasteiger partial charge on any atom is -0.456 e. The number of anilines is 1. The molecule has 0 aromatic heterocycles. The van der Waals surface area contributed by atoms with Crippen molar-refractivity contribution in [3.8, 4) is 22.5 Å². The molecule has 1 aliphatic carbocycles. The topological polar surface area (TPSA) is 28.7 Å². The Labute approximate surface area is 170 Å². The zero-order chi connectivity index (χ0) is 19.7. The molecular formula is C24H23ClN2O. The van der Waals surface area contributed by atoms with Gasteiger partial charge in [-0.15, -0.1) is 11.6 Å². The molecule has 28 heavy (non-hydrogen) atoms. The molecule has 0 bridgehead atoms. The molecule has 1 heterocycles. The number of alkyl halides is 1. The van der Waals surface area contributed by atoms with Gasteiger partial charge in [0.15, 0.2) is 0 Å². The summed E-state index contributed by atoms with van der Waals surface area (Å²) >= 11 is 5.98. The Morgan fingerprint density at radius 2 is 1.75 bits per heavy atom. The van der Waals surface area contributed by atoms with Gasteiger partial charge in [-0.05, 0) is 42.3 Å². The summed E-state index contributed by atoms with van der Waals surface area (Å²) in [5.41, 5.74) is 6.48. The first-order valence-corrected chi connectivity index (χ1v) is 9.98. The van der Waals surface area contributed by atoms with Crippen LogP contribution < -0.4 is 10.3 Å². The predicted molar refractivity (Wildman–Crippen MR) is 118 cm³/mol. The number of fused-ring (bicyclic) bond motifs is 2. The van der Waals surface area contributed by atoms with Crippen LogP contribution in [0.2, 0.25) is 0 Å². The zero-order valence-corrected chi connectivity index (χ0v) is 17.1. The quantitative estimate of drug-likeness (QED) is 0.319. The van der Waals surface area contributed by atoms with Crippen LogP contribution in [0.3, 0.4) is 0 Å². The van der Waals surface area contributed by atoms with E-state index in [2.05, 4.69) is 64.5 Å². The molecule has 0 N–H and O–H groups in total. The summed E-state index contributed by atoms with van der Waals surface area (Å²) in [6, 6.07) is 21.0. The molecule has 2 aliphatic rings. The van der Waals surface area contributed by atoms with Crippen molar-refractivity contribution in [1.82, 2.24) is 0 Å². The van der Waals surface area contributed by atoms with Crippen LogP contribution in [0.4, 0.5) is 5.69 Å². The van der Waals surface area contributed by atoms with E-state index in [1.165, 1.54) is 5.56 Å². The highest BCUT2D eigenvalue weighted by Crippen LogP contribution is 2.40. The Bertz CT molecular complexity index is 1160. The van der Waals surface area contributed by atoms with Gasteiger partial charge in [0.25, 0.3) is 0 Å². The van der Waals surface area contributed by atoms with E-state index in [4.69, 9.17) is 16.0 Å². The highest BCUT2D eigenvalue weighted by atomic mass is 35.5. The maximum absolute atomic E-state index is 6.32. The van der Waals surface area contributed by atoms with Crippen LogP contribution in [0.15, 0.2) is 70.1 Å². The molecule has 2 aromatic carbocycles. The lowest BCUT2D eigenvalue weighted by Crippen LogP contribution is -2.08. The molecule has 0 spiro atoms. The van der Waals surface area contributed by atoms with Crippen molar-refractivity contribution in [3.05, 3.63) is 71.6 Å². The molecule has 0 saturated heterocycles. The van der Waals surface area contributed by atoms with Crippen molar-refractivity contribution in [2.45, 2.75) is 12.8 Å². The molecular weight excluding hydrogens is 368 g/mol. The fourth-order valence-corrected chi connectivity index (χ4v) is 3.68. The van der Waals surface area contributed by atoms with Gasteiger partial charge in [0.05, 0.1) is 5.36 Å². The van der Waals surface area contributed by atoms with Gasteiger partial charge in [-0.2, -0.15) is 0 Å². The molecule has 0 saturated carbocycles. The van der Waals surface area contributed by atoms with E-state index >= 15 is 0 Å². The molecule has 0 unspecified atom stereocenters. The van der Waals surface area contributed by atoms with Crippen molar-refractivity contribution in [2.24, 2.45) is 4.99 Å². The van der Waals surface area contributed by atoms with Gasteiger partial charge in [-0.1, -0.05) is 24.3 Å². The zero-order valence-electron chi connectivity index (χ0n) is 16.4. The molecule has 142 valence electrons. The van der Waals surface area contributed by atoms with Gasteiger partial charge in [0.1, 0.15) is 11.3 Å². The van der Waals surface area contributed by atoms with Crippen LogP contribution >= 0.6 is 11.6 Å². The summed E-state index contributed by atoms with van der Waals surface area (Å²) in [6.45, 7) is 2.78. The third kappa shape index (κ3) is 3.38. The van der Waals surface area contributed by atoms with Crippen molar-refractivity contribution in [3.63, 3.8) is 0 Å². The van der Waals surface area contributed by atoms with Gasteiger partial charge < -0.3 is 9.32 Å². The standard InChI is InChI=1S/C24H23ClN2O/c1-4-26-18-9-11-20-22(13-18)28-23-14-19(27(2)3)10-12-21(23)24(20)17-7-5-16(15-25)6-8-17/h5-14H,4,15H2,1-3H3/b26-18+. The summed E-state index contributed by atoms with van der Waals surface area (Å²) in [5, 5.41) is 2.03. The van der Waals surface area contributed by atoms with Crippen molar-refractivity contribution in [2.75, 3.05) is 25.5 Å². The van der Waals surface area contributed by atoms with Gasteiger partial charge in [0, 0.05) is 60.9 Å². The number of halogens is 1. The second-order valence-electron chi connectivity index (χ2n) is 7.04. The lowest BCUT2D eigenvalue weighted by atomic mass is 9.93. The van der Waals surface area contributed by atoms with Gasteiger partial charge in [0.2, 0.25) is 0 Å². The number of rotatable bonds is 4. The van der Waals surface area contributed by atoms with Crippen LogP contribution in [0.1, 0.15) is 12.5 Å². The Balaban J connectivity index is 2.06. The van der Waals surface area contributed by atoms with Gasteiger partial charge >= 0.3 is 0 Å². The summed E-state index contributed by atoms with van der Waals surface area (Å²) < 4.78 is 6.32. The third-order valence-corrected chi connectivity index (χ3v) is 5.25. The SMILES string of the molecule is CC/N=c1\ccc2c(-c3ccc(CCl)cc3)c3ccc(N(C)C)cc3oc-2c1. The lowest BCUT2D eigenvalue weighted by molar-refractivity contribution is 0.619. The highest BCUT2D eigenvalue weighted by Gasteiger charge is 2.17. The first-order chi connectivity index (χ1) is 13.6. The summed E-state index contributed by atoms with van der Waals surface area (Å²) in [7, 11) is 4.07. The normalized spacial score (nSPS) is 12.1. The molecule has 0 amide bonds. The first-order valence-electron chi connectivity index (χ1n) is 9.44. The average Bonchev–Trinajstić information content (AvgIpc) is 2.72. The number of hydrogen-bond acceptors (Lipinski definition) is 3.